The molecule has 4 aromatic rings. The second-order valence-electron chi connectivity index (χ2n) is 5.94. The number of aliphatic carboxylic acids is 1. The molecule has 3 heterocycles. The molecule has 0 spiro atoms. The molecule has 0 fully saturated rings. The molecule has 0 aliphatic carbocycles. The van der Waals surface area contributed by atoms with Crippen molar-refractivity contribution in [3.05, 3.63) is 51.7 Å². The summed E-state index contributed by atoms with van der Waals surface area (Å²) in [6.45, 7) is 1.48. The molecule has 0 saturated heterocycles. The molecule has 0 unspecified atom stereocenters. The van der Waals surface area contributed by atoms with Gasteiger partial charge in [-0.05, 0) is 31.2 Å². The van der Waals surface area contributed by atoms with Crippen molar-refractivity contribution in [2.45, 2.75) is 19.8 Å². The summed E-state index contributed by atoms with van der Waals surface area (Å²) in [6, 6.07) is 6.80. The largest absolute Gasteiger partial charge is 0.481 e. The highest BCUT2D eigenvalue weighted by atomic mass is 32.1. The number of carbonyl (C=O) groups excluding carboxylic acids is 1. The number of halogens is 1. The van der Waals surface area contributed by atoms with E-state index in [0.717, 1.165) is 0 Å². The normalized spacial score (nSPS) is 11.2. The summed E-state index contributed by atoms with van der Waals surface area (Å²) in [6.07, 6.45) is -0.165. The van der Waals surface area contributed by atoms with Crippen LogP contribution in [0.5, 0.6) is 0 Å². The summed E-state index contributed by atoms with van der Waals surface area (Å²) in [5.41, 5.74) is 0.927. The molecule has 0 aliphatic rings. The molecule has 0 amide bonds. The van der Waals surface area contributed by atoms with Crippen molar-refractivity contribution in [1.82, 2.24) is 15.2 Å². The van der Waals surface area contributed by atoms with Gasteiger partial charge < -0.3 is 9.52 Å². The zero-order valence-corrected chi connectivity index (χ0v) is 16.1. The van der Waals surface area contributed by atoms with Crippen LogP contribution in [0.25, 0.3) is 20.7 Å². The van der Waals surface area contributed by atoms with E-state index in [4.69, 9.17) is 9.52 Å². The Kier molecular flexibility index (Phi) is 4.73. The van der Waals surface area contributed by atoms with Crippen molar-refractivity contribution in [3.8, 4) is 10.4 Å². The van der Waals surface area contributed by atoms with Crippen LogP contribution in [0.3, 0.4) is 0 Å². The number of aromatic nitrogens is 3. The smallest absolute Gasteiger partial charge is 0.312 e. The fourth-order valence-electron chi connectivity index (χ4n) is 2.63. The minimum atomic E-state index is -1.06. The van der Waals surface area contributed by atoms with E-state index < -0.39 is 11.8 Å². The highest BCUT2D eigenvalue weighted by Gasteiger charge is 2.18. The van der Waals surface area contributed by atoms with Gasteiger partial charge in [0.1, 0.15) is 11.4 Å². The minimum Gasteiger partial charge on any atom is -0.481 e. The molecule has 10 heteroatoms. The predicted octanol–water partition coefficient (Wildman–Crippen LogP) is 3.97. The molecule has 0 atom stereocenters. The van der Waals surface area contributed by atoms with E-state index in [0.29, 0.717) is 30.5 Å². The molecule has 4 rings (SSSR count). The summed E-state index contributed by atoms with van der Waals surface area (Å²) in [4.78, 5) is 27.8. The summed E-state index contributed by atoms with van der Waals surface area (Å²) in [5, 5.41) is 16.8. The SMILES string of the molecule is CC(=O)c1ccc(-c2ccc3nc(Cc4nnc(CC(=O)O)o4)sc3c2F)s1. The van der Waals surface area contributed by atoms with Crippen LogP contribution in [-0.4, -0.2) is 32.0 Å². The van der Waals surface area contributed by atoms with E-state index in [2.05, 4.69) is 15.2 Å². The molecule has 142 valence electrons. The fraction of sp³-hybridized carbons (Fsp3) is 0.167. The number of thiophene rings is 1. The molecule has 1 aromatic carbocycles. The number of hydrogen-bond acceptors (Lipinski definition) is 8. The van der Waals surface area contributed by atoms with Crippen LogP contribution in [0.4, 0.5) is 4.39 Å². The number of ketones is 1. The van der Waals surface area contributed by atoms with Crippen molar-refractivity contribution < 1.29 is 23.5 Å². The molecule has 0 aliphatic heterocycles. The number of benzene rings is 1. The minimum absolute atomic E-state index is 0.0102. The van der Waals surface area contributed by atoms with E-state index in [-0.39, 0.29) is 30.4 Å². The van der Waals surface area contributed by atoms with Crippen molar-refractivity contribution in [1.29, 1.82) is 0 Å². The Morgan fingerprint density at radius 3 is 2.64 bits per heavy atom. The zero-order valence-electron chi connectivity index (χ0n) is 14.4. The fourth-order valence-corrected chi connectivity index (χ4v) is 4.55. The maximum Gasteiger partial charge on any atom is 0.312 e. The predicted molar refractivity (Wildman–Crippen MR) is 101 cm³/mol. The highest BCUT2D eigenvalue weighted by Crippen LogP contribution is 2.36. The van der Waals surface area contributed by atoms with Gasteiger partial charge in [0, 0.05) is 10.4 Å². The first-order chi connectivity index (χ1) is 13.4. The maximum atomic E-state index is 15.0. The standard InChI is InChI=1S/C18H12FN3O4S2/c1-8(23)11-4-5-12(27-11)9-2-3-10-18(17(9)19)28-15(20-10)6-13-21-22-14(26-13)7-16(24)25/h2-5H,6-7H2,1H3,(H,24,25). The van der Waals surface area contributed by atoms with Crippen molar-refractivity contribution in [3.63, 3.8) is 0 Å². The Labute approximate surface area is 165 Å². The van der Waals surface area contributed by atoms with Crippen LogP contribution in [0.2, 0.25) is 0 Å². The number of hydrogen-bond donors (Lipinski definition) is 1. The third kappa shape index (κ3) is 3.56. The lowest BCUT2D eigenvalue weighted by Gasteiger charge is -2.00. The second-order valence-corrected chi connectivity index (χ2v) is 8.11. The van der Waals surface area contributed by atoms with Crippen LogP contribution >= 0.6 is 22.7 Å². The first kappa shape index (κ1) is 18.4. The zero-order chi connectivity index (χ0) is 19.8. The molecule has 3 aromatic heterocycles. The average Bonchev–Trinajstić information content (AvgIpc) is 3.34. The molecule has 1 N–H and O–H groups in total. The van der Waals surface area contributed by atoms with Crippen molar-refractivity contribution in [2.75, 3.05) is 0 Å². The number of rotatable bonds is 6. The lowest BCUT2D eigenvalue weighted by atomic mass is 10.1. The van der Waals surface area contributed by atoms with Gasteiger partial charge in [-0.15, -0.1) is 32.9 Å². The summed E-state index contributed by atoms with van der Waals surface area (Å²) >= 11 is 2.42. The molecule has 28 heavy (non-hydrogen) atoms. The van der Waals surface area contributed by atoms with E-state index in [1.54, 1.807) is 24.3 Å². The number of nitrogens with zero attached hydrogens (tertiary/aromatic N) is 3. The summed E-state index contributed by atoms with van der Waals surface area (Å²) in [5.74, 6) is -1.28. The average molecular weight is 417 g/mol. The number of carboxylic acid groups (broad SMARTS) is 1. The molecule has 0 radical (unpaired) electrons. The first-order valence-corrected chi connectivity index (χ1v) is 9.76. The molecular weight excluding hydrogens is 405 g/mol. The van der Waals surface area contributed by atoms with Crippen molar-refractivity contribution in [2.24, 2.45) is 0 Å². The third-order valence-corrected chi connectivity index (χ3v) is 6.16. The van der Waals surface area contributed by atoms with Gasteiger partial charge in [0.15, 0.2) is 11.6 Å². The van der Waals surface area contributed by atoms with Gasteiger partial charge in [-0.1, -0.05) is 0 Å². The lowest BCUT2D eigenvalue weighted by molar-refractivity contribution is -0.136. The van der Waals surface area contributed by atoms with E-state index in [1.807, 2.05) is 0 Å². The maximum absolute atomic E-state index is 15.0. The Bertz CT molecular complexity index is 1210. The Morgan fingerprint density at radius 2 is 1.93 bits per heavy atom. The second kappa shape index (κ2) is 7.21. The monoisotopic (exact) mass is 417 g/mol. The van der Waals surface area contributed by atoms with Crippen LogP contribution < -0.4 is 0 Å². The van der Waals surface area contributed by atoms with Crippen molar-refractivity contribution >= 4 is 44.6 Å². The van der Waals surface area contributed by atoms with Gasteiger partial charge in [-0.25, -0.2) is 9.37 Å². The van der Waals surface area contributed by atoms with Crippen LogP contribution in [0.15, 0.2) is 28.7 Å². The van der Waals surface area contributed by atoms with Gasteiger partial charge in [0.2, 0.25) is 11.8 Å². The Balaban J connectivity index is 1.63. The highest BCUT2D eigenvalue weighted by molar-refractivity contribution is 7.19. The number of fused-ring (bicyclic) bond motifs is 1. The first-order valence-electron chi connectivity index (χ1n) is 8.13. The number of thiazole rings is 1. The van der Waals surface area contributed by atoms with Gasteiger partial charge in [-0.3, -0.25) is 9.59 Å². The van der Waals surface area contributed by atoms with E-state index >= 15 is 4.39 Å². The molecule has 0 saturated carbocycles. The topological polar surface area (TPSA) is 106 Å². The van der Waals surface area contributed by atoms with Crippen LogP contribution in [0, 0.1) is 5.82 Å². The van der Waals surface area contributed by atoms with Gasteiger partial charge >= 0.3 is 5.97 Å². The van der Waals surface area contributed by atoms with Gasteiger partial charge in [0.05, 0.1) is 21.5 Å². The Hall–Kier alpha value is -2.98. The Morgan fingerprint density at radius 1 is 1.14 bits per heavy atom. The number of Topliss-reactive ketones (excluding diaryl/α,β-unsaturated/α-hetero) is 1. The lowest BCUT2D eigenvalue weighted by Crippen LogP contribution is -1.99. The summed E-state index contributed by atoms with van der Waals surface area (Å²) in [7, 11) is 0. The number of carboxylic acids is 1. The molecule has 0 bridgehead atoms. The van der Waals surface area contributed by atoms with Gasteiger partial charge in [-0.2, -0.15) is 0 Å². The molecular formula is C18H12FN3O4S2. The van der Waals surface area contributed by atoms with Crippen LogP contribution in [-0.2, 0) is 17.6 Å². The molecule has 7 nitrogen and oxygen atoms in total. The quantitative estimate of drug-likeness (QED) is 0.473. The third-order valence-electron chi connectivity index (χ3n) is 3.87. The number of carbonyl (C=O) groups is 2. The summed E-state index contributed by atoms with van der Waals surface area (Å²) < 4.78 is 20.7. The van der Waals surface area contributed by atoms with Crippen LogP contribution in [0.1, 0.15) is 33.4 Å². The van der Waals surface area contributed by atoms with E-state index in [1.165, 1.54) is 29.6 Å². The van der Waals surface area contributed by atoms with Gasteiger partial charge in [0.25, 0.3) is 0 Å². The van der Waals surface area contributed by atoms with E-state index in [9.17, 15) is 9.59 Å².